The summed E-state index contributed by atoms with van der Waals surface area (Å²) in [6, 6.07) is 11.3. The van der Waals surface area contributed by atoms with Crippen molar-refractivity contribution in [2.24, 2.45) is 0 Å². The van der Waals surface area contributed by atoms with Gasteiger partial charge in [-0.3, -0.25) is 0 Å². The normalized spacial score (nSPS) is 13.0. The number of nitrogens with zero attached hydrogens (tertiary/aromatic N) is 2. The second kappa shape index (κ2) is 5.99. The van der Waals surface area contributed by atoms with Crippen LogP contribution in [0.5, 0.6) is 0 Å². The fourth-order valence-corrected chi connectivity index (χ4v) is 3.85. The summed E-state index contributed by atoms with van der Waals surface area (Å²) in [6.45, 7) is 2.85. The Kier molecular flexibility index (Phi) is 3.95. The monoisotopic (exact) mass is 377 g/mol. The van der Waals surface area contributed by atoms with Gasteiger partial charge < -0.3 is 5.32 Å². The number of benzene rings is 2. The molecule has 0 amide bonds. The summed E-state index contributed by atoms with van der Waals surface area (Å²) in [5.74, 6) is 0.978. The van der Waals surface area contributed by atoms with Crippen LogP contribution < -0.4 is 5.32 Å². The van der Waals surface area contributed by atoms with Gasteiger partial charge in [0.1, 0.15) is 11.5 Å². The Morgan fingerprint density at radius 2 is 1.67 bits per heavy atom. The summed E-state index contributed by atoms with van der Waals surface area (Å²) < 4.78 is 1.90. The fourth-order valence-electron chi connectivity index (χ4n) is 3.10. The maximum Gasteiger partial charge on any atom is 0.133 e. The van der Waals surface area contributed by atoms with Crippen LogP contribution in [0, 0.1) is 6.92 Å². The third kappa shape index (κ3) is 2.39. The van der Waals surface area contributed by atoms with Crippen LogP contribution in [-0.2, 0) is 6.42 Å². The van der Waals surface area contributed by atoms with Gasteiger partial charge in [0, 0.05) is 22.7 Å². The quantitative estimate of drug-likeness (QED) is 0.613. The first-order valence-corrected chi connectivity index (χ1v) is 8.77. The highest BCUT2D eigenvalue weighted by Gasteiger charge is 2.26. The maximum absolute atomic E-state index is 6.40. The van der Waals surface area contributed by atoms with E-state index in [1.54, 1.807) is 0 Å². The number of rotatable bonds is 2. The van der Waals surface area contributed by atoms with Gasteiger partial charge in [-0.1, -0.05) is 46.9 Å². The Morgan fingerprint density at radius 3 is 2.42 bits per heavy atom. The predicted octanol–water partition coefficient (Wildman–Crippen LogP) is 5.78. The van der Waals surface area contributed by atoms with Crippen molar-refractivity contribution in [2.45, 2.75) is 13.3 Å². The van der Waals surface area contributed by atoms with E-state index in [1.165, 1.54) is 0 Å². The molecule has 4 rings (SSSR count). The summed E-state index contributed by atoms with van der Waals surface area (Å²) in [6.07, 6.45) is 0.881. The molecule has 122 valence electrons. The van der Waals surface area contributed by atoms with Gasteiger partial charge in [-0.2, -0.15) is 5.10 Å². The molecule has 0 atom stereocenters. The highest BCUT2D eigenvalue weighted by molar-refractivity contribution is 6.39. The molecular formula is C18H14Cl3N3. The van der Waals surface area contributed by atoms with Gasteiger partial charge in [-0.25, -0.2) is 4.68 Å². The molecule has 1 aliphatic heterocycles. The Morgan fingerprint density at radius 1 is 1.00 bits per heavy atom. The number of hydrogen-bond acceptors (Lipinski definition) is 2. The Bertz CT molecular complexity index is 927. The van der Waals surface area contributed by atoms with Crippen LogP contribution in [0.25, 0.3) is 16.9 Å². The highest BCUT2D eigenvalue weighted by atomic mass is 35.5. The third-order valence-electron chi connectivity index (χ3n) is 4.32. The molecule has 0 bridgehead atoms. The Labute approximate surface area is 155 Å². The zero-order valence-electron chi connectivity index (χ0n) is 12.9. The minimum atomic E-state index is 0.602. The summed E-state index contributed by atoms with van der Waals surface area (Å²) >= 11 is 19.1. The van der Waals surface area contributed by atoms with E-state index in [2.05, 4.69) is 5.32 Å². The number of nitrogens with one attached hydrogen (secondary N) is 1. The summed E-state index contributed by atoms with van der Waals surface area (Å²) in [4.78, 5) is 0. The van der Waals surface area contributed by atoms with Gasteiger partial charge in [0.2, 0.25) is 0 Å². The van der Waals surface area contributed by atoms with Crippen molar-refractivity contribution in [2.75, 3.05) is 11.9 Å². The molecule has 2 aromatic carbocycles. The molecule has 0 unspecified atom stereocenters. The molecule has 3 nitrogen and oxygen atoms in total. The summed E-state index contributed by atoms with van der Waals surface area (Å²) in [7, 11) is 0. The van der Waals surface area contributed by atoms with E-state index in [1.807, 2.05) is 48.0 Å². The van der Waals surface area contributed by atoms with Crippen LogP contribution in [0.1, 0.15) is 11.1 Å². The SMILES string of the molecule is Cc1c(Cl)cccc1-n1nc(-c2c(Cl)cccc2Cl)c2c1NCC2. The van der Waals surface area contributed by atoms with Gasteiger partial charge in [0.25, 0.3) is 0 Å². The van der Waals surface area contributed by atoms with Crippen molar-refractivity contribution in [3.05, 3.63) is 62.6 Å². The molecule has 0 saturated heterocycles. The Hall–Kier alpha value is -1.68. The Balaban J connectivity index is 1.98. The first-order chi connectivity index (χ1) is 11.6. The molecule has 0 fully saturated rings. The van der Waals surface area contributed by atoms with E-state index in [0.29, 0.717) is 15.1 Å². The van der Waals surface area contributed by atoms with Gasteiger partial charge in [-0.05, 0) is 43.2 Å². The first-order valence-electron chi connectivity index (χ1n) is 7.63. The van der Waals surface area contributed by atoms with Crippen molar-refractivity contribution < 1.29 is 0 Å². The van der Waals surface area contributed by atoms with Crippen LogP contribution in [0.4, 0.5) is 5.82 Å². The molecule has 24 heavy (non-hydrogen) atoms. The first kappa shape index (κ1) is 15.8. The van der Waals surface area contributed by atoms with Crippen LogP contribution >= 0.6 is 34.8 Å². The van der Waals surface area contributed by atoms with Gasteiger partial charge in [0.05, 0.1) is 15.7 Å². The predicted molar refractivity (Wildman–Crippen MR) is 101 cm³/mol. The van der Waals surface area contributed by atoms with Crippen molar-refractivity contribution in [1.29, 1.82) is 0 Å². The van der Waals surface area contributed by atoms with Crippen LogP contribution in [0.2, 0.25) is 15.1 Å². The molecule has 0 radical (unpaired) electrons. The maximum atomic E-state index is 6.40. The number of anilines is 1. The second-order valence-electron chi connectivity index (χ2n) is 5.74. The van der Waals surface area contributed by atoms with Crippen molar-refractivity contribution >= 4 is 40.6 Å². The lowest BCUT2D eigenvalue weighted by Gasteiger charge is -2.10. The van der Waals surface area contributed by atoms with Gasteiger partial charge in [0.15, 0.2) is 0 Å². The lowest BCUT2D eigenvalue weighted by Crippen LogP contribution is -2.06. The van der Waals surface area contributed by atoms with Crippen molar-refractivity contribution in [1.82, 2.24) is 9.78 Å². The van der Waals surface area contributed by atoms with E-state index >= 15 is 0 Å². The number of fused-ring (bicyclic) bond motifs is 1. The zero-order valence-corrected chi connectivity index (χ0v) is 15.2. The second-order valence-corrected chi connectivity index (χ2v) is 6.97. The molecule has 1 N–H and O–H groups in total. The van der Waals surface area contributed by atoms with Crippen LogP contribution in [0.15, 0.2) is 36.4 Å². The molecule has 1 aliphatic rings. The summed E-state index contributed by atoms with van der Waals surface area (Å²) in [5.41, 5.74) is 4.66. The molecule has 2 heterocycles. The van der Waals surface area contributed by atoms with E-state index in [-0.39, 0.29) is 0 Å². The molecule has 0 aliphatic carbocycles. The van der Waals surface area contributed by atoms with E-state index in [0.717, 1.165) is 46.9 Å². The average Bonchev–Trinajstić information content (AvgIpc) is 3.14. The molecule has 6 heteroatoms. The van der Waals surface area contributed by atoms with Gasteiger partial charge >= 0.3 is 0 Å². The van der Waals surface area contributed by atoms with Gasteiger partial charge in [-0.15, -0.1) is 0 Å². The van der Waals surface area contributed by atoms with E-state index in [4.69, 9.17) is 39.9 Å². The van der Waals surface area contributed by atoms with E-state index < -0.39 is 0 Å². The number of halogens is 3. The topological polar surface area (TPSA) is 29.9 Å². The minimum absolute atomic E-state index is 0.602. The smallest absolute Gasteiger partial charge is 0.133 e. The van der Waals surface area contributed by atoms with Crippen LogP contribution in [0.3, 0.4) is 0 Å². The largest absolute Gasteiger partial charge is 0.369 e. The number of aromatic nitrogens is 2. The van der Waals surface area contributed by atoms with Crippen molar-refractivity contribution in [3.63, 3.8) is 0 Å². The number of hydrogen-bond donors (Lipinski definition) is 1. The lowest BCUT2D eigenvalue weighted by molar-refractivity contribution is 0.875. The molecular weight excluding hydrogens is 365 g/mol. The van der Waals surface area contributed by atoms with Crippen molar-refractivity contribution in [3.8, 4) is 16.9 Å². The zero-order chi connectivity index (χ0) is 16.8. The van der Waals surface area contributed by atoms with E-state index in [9.17, 15) is 0 Å². The summed E-state index contributed by atoms with van der Waals surface area (Å²) in [5, 5.41) is 10.2. The fraction of sp³-hybridized carbons (Fsp3) is 0.167. The molecule has 0 spiro atoms. The third-order valence-corrected chi connectivity index (χ3v) is 5.36. The minimum Gasteiger partial charge on any atom is -0.369 e. The van der Waals surface area contributed by atoms with Crippen LogP contribution in [-0.4, -0.2) is 16.3 Å². The highest BCUT2D eigenvalue weighted by Crippen LogP contribution is 2.41. The molecule has 0 saturated carbocycles. The molecule has 1 aromatic heterocycles. The standard InChI is InChI=1S/C18H14Cl3N3/c1-10-12(19)4-3-7-15(10)24-18-11(8-9-22-18)17(23-24)16-13(20)5-2-6-14(16)21/h2-7,22H,8-9H2,1H3. The lowest BCUT2D eigenvalue weighted by atomic mass is 10.1. The average molecular weight is 379 g/mol. The molecule has 3 aromatic rings.